The van der Waals surface area contributed by atoms with Gasteiger partial charge in [-0.25, -0.2) is 13.2 Å². The van der Waals surface area contributed by atoms with Crippen molar-refractivity contribution in [3.05, 3.63) is 24.9 Å². The molecule has 0 aromatic heterocycles. The summed E-state index contributed by atoms with van der Waals surface area (Å²) in [5.41, 5.74) is -0.565. The van der Waals surface area contributed by atoms with Crippen LogP contribution in [0.2, 0.25) is 0 Å². The molecule has 0 aromatic rings. The first-order chi connectivity index (χ1) is 13.8. The minimum atomic E-state index is -6.73. The van der Waals surface area contributed by atoms with Gasteiger partial charge in [-0.15, -0.1) is 0 Å². The number of unbranched alkanes of at least 4 members (excludes halogenated alkanes) is 1. The van der Waals surface area contributed by atoms with Gasteiger partial charge in [0, 0.05) is 12.0 Å². The number of amides is 1. The molecule has 0 radical (unpaired) electrons. The third kappa shape index (κ3) is 6.64. The van der Waals surface area contributed by atoms with Crippen LogP contribution < -0.4 is 5.32 Å². The smallest absolute Gasteiger partial charge is 0.466 e. The van der Waals surface area contributed by atoms with Gasteiger partial charge in [0.05, 0.1) is 6.61 Å². The molecular formula is C15H17F7NO7S-. The average molecular weight is 488 g/mol. The van der Waals surface area contributed by atoms with Crippen molar-refractivity contribution in [1.82, 2.24) is 5.32 Å². The van der Waals surface area contributed by atoms with Gasteiger partial charge in [0.25, 0.3) is 0 Å². The number of esters is 1. The van der Waals surface area contributed by atoms with Crippen LogP contribution in [0.25, 0.3) is 0 Å². The molecule has 0 fully saturated rings. The van der Waals surface area contributed by atoms with Crippen LogP contribution in [0.5, 0.6) is 0 Å². The second-order valence-electron chi connectivity index (χ2n) is 5.94. The number of hydrogen-bond donors (Lipinski definition) is 1. The summed E-state index contributed by atoms with van der Waals surface area (Å²) in [7, 11) is -6.73. The zero-order valence-corrected chi connectivity index (χ0v) is 16.5. The van der Waals surface area contributed by atoms with Gasteiger partial charge in [0.2, 0.25) is 0 Å². The third-order valence-corrected chi connectivity index (χ3v) is 4.35. The first-order valence-electron chi connectivity index (χ1n) is 7.99. The SMILES string of the molecule is C=CNC(=O)C(OCCCCC(F)(F)C(F)(F)S(=O)(=O)[O-])(OC(=O)C(=C)C)C(F)(F)F. The number of rotatable bonds is 12. The lowest BCUT2D eigenvalue weighted by Crippen LogP contribution is -2.61. The molecule has 180 valence electrons. The summed E-state index contributed by atoms with van der Waals surface area (Å²) < 4.78 is 132. The maximum Gasteiger partial charge on any atom is 0.466 e. The number of carbonyl (C=O) groups excluding carboxylic acids is 2. The molecule has 1 amide bonds. The summed E-state index contributed by atoms with van der Waals surface area (Å²) in [4.78, 5) is 23.4. The Kier molecular flexibility index (Phi) is 9.24. The van der Waals surface area contributed by atoms with E-state index in [-0.39, 0.29) is 0 Å². The largest absolute Gasteiger partial charge is 0.743 e. The first kappa shape index (κ1) is 28.8. The lowest BCUT2D eigenvalue weighted by atomic mass is 10.1. The molecule has 1 unspecified atom stereocenters. The summed E-state index contributed by atoms with van der Waals surface area (Å²) >= 11 is 0. The number of ether oxygens (including phenoxy) is 2. The summed E-state index contributed by atoms with van der Waals surface area (Å²) in [5, 5.41) is -4.47. The second kappa shape index (κ2) is 9.95. The van der Waals surface area contributed by atoms with E-state index >= 15 is 0 Å². The number of alkyl halides is 7. The fraction of sp³-hybridized carbons (Fsp3) is 0.600. The molecule has 31 heavy (non-hydrogen) atoms. The predicted octanol–water partition coefficient (Wildman–Crippen LogP) is 2.58. The molecule has 0 aromatic carbocycles. The molecule has 0 rings (SSSR count). The normalized spacial score (nSPS) is 15.0. The summed E-state index contributed by atoms with van der Waals surface area (Å²) in [6.07, 6.45) is -9.06. The Balaban J connectivity index is 5.46. The van der Waals surface area contributed by atoms with Gasteiger partial charge in [-0.2, -0.15) is 30.7 Å². The predicted molar refractivity (Wildman–Crippen MR) is 87.4 cm³/mol. The van der Waals surface area contributed by atoms with E-state index in [9.17, 15) is 53.3 Å². The van der Waals surface area contributed by atoms with Crippen molar-refractivity contribution in [2.75, 3.05) is 6.61 Å². The van der Waals surface area contributed by atoms with E-state index in [1.54, 1.807) is 0 Å². The molecular weight excluding hydrogens is 471 g/mol. The van der Waals surface area contributed by atoms with E-state index in [2.05, 4.69) is 22.6 Å². The number of hydrogen-bond acceptors (Lipinski definition) is 7. The highest BCUT2D eigenvalue weighted by Crippen LogP contribution is 2.42. The van der Waals surface area contributed by atoms with Gasteiger partial charge < -0.3 is 19.3 Å². The highest BCUT2D eigenvalue weighted by atomic mass is 32.2. The molecule has 0 bridgehead atoms. The topological polar surface area (TPSA) is 122 Å². The standard InChI is InChI=1S/C15H18F7NO7S/c1-4-23-11(25)13(14(18,19)20,30-10(24)9(2)3)29-8-6-5-7-12(16,17)15(21,22)31(26,27)28/h4H,1-2,5-8H2,3H3,(H,23,25)(H,26,27,28)/p-1. The Morgan fingerprint density at radius 2 is 1.61 bits per heavy atom. The monoisotopic (exact) mass is 488 g/mol. The van der Waals surface area contributed by atoms with Gasteiger partial charge in [0.15, 0.2) is 10.1 Å². The van der Waals surface area contributed by atoms with Crippen LogP contribution in [0.4, 0.5) is 30.7 Å². The number of nitrogens with one attached hydrogen (secondary N) is 1. The van der Waals surface area contributed by atoms with Crippen molar-refractivity contribution in [1.29, 1.82) is 0 Å². The Morgan fingerprint density at radius 1 is 1.10 bits per heavy atom. The summed E-state index contributed by atoms with van der Waals surface area (Å²) in [5.74, 6) is -13.4. The minimum absolute atomic E-state index is 0.493. The Bertz CT molecular complexity index is 811. The fourth-order valence-corrected chi connectivity index (χ4v) is 2.28. The molecule has 0 aliphatic heterocycles. The first-order valence-corrected chi connectivity index (χ1v) is 9.40. The van der Waals surface area contributed by atoms with E-state index in [1.165, 1.54) is 5.32 Å². The fourth-order valence-electron chi connectivity index (χ4n) is 1.81. The molecule has 0 aliphatic carbocycles. The quantitative estimate of drug-likeness (QED) is 0.112. The van der Waals surface area contributed by atoms with Crippen molar-refractivity contribution in [3.63, 3.8) is 0 Å². The summed E-state index contributed by atoms with van der Waals surface area (Å²) in [6.45, 7) is 5.68. The Hall–Kier alpha value is -2.20. The van der Waals surface area contributed by atoms with Crippen LogP contribution >= 0.6 is 0 Å². The van der Waals surface area contributed by atoms with E-state index in [1.807, 2.05) is 0 Å². The molecule has 0 heterocycles. The highest BCUT2D eigenvalue weighted by molar-refractivity contribution is 7.86. The van der Waals surface area contributed by atoms with E-state index in [4.69, 9.17) is 0 Å². The van der Waals surface area contributed by atoms with Crippen LogP contribution in [0.1, 0.15) is 26.2 Å². The molecule has 1 atom stereocenters. The molecule has 16 heteroatoms. The number of carbonyl (C=O) groups is 2. The third-order valence-electron chi connectivity index (χ3n) is 3.42. The van der Waals surface area contributed by atoms with Crippen molar-refractivity contribution < 1.29 is 62.8 Å². The zero-order valence-electron chi connectivity index (χ0n) is 15.7. The van der Waals surface area contributed by atoms with Crippen LogP contribution in [0, 0.1) is 0 Å². The van der Waals surface area contributed by atoms with Crippen LogP contribution in [0.15, 0.2) is 24.9 Å². The maximum atomic E-state index is 13.5. The number of halogens is 7. The van der Waals surface area contributed by atoms with Gasteiger partial charge in [-0.05, 0) is 26.0 Å². The van der Waals surface area contributed by atoms with Gasteiger partial charge in [-0.1, -0.05) is 13.2 Å². The molecule has 1 N–H and O–H groups in total. The van der Waals surface area contributed by atoms with Crippen molar-refractivity contribution in [2.45, 2.75) is 49.3 Å². The Labute approximate surface area is 171 Å². The molecule has 0 aliphatic rings. The lowest BCUT2D eigenvalue weighted by molar-refractivity contribution is -0.346. The van der Waals surface area contributed by atoms with Gasteiger partial charge in [-0.3, -0.25) is 4.79 Å². The lowest BCUT2D eigenvalue weighted by Gasteiger charge is -2.33. The molecule has 0 saturated carbocycles. The molecule has 0 saturated heterocycles. The van der Waals surface area contributed by atoms with Crippen LogP contribution in [-0.4, -0.2) is 54.6 Å². The summed E-state index contributed by atoms with van der Waals surface area (Å²) in [6, 6.07) is 0. The van der Waals surface area contributed by atoms with Crippen LogP contribution in [-0.2, 0) is 29.2 Å². The molecule has 0 spiro atoms. The second-order valence-corrected chi connectivity index (χ2v) is 7.36. The maximum absolute atomic E-state index is 13.5. The minimum Gasteiger partial charge on any atom is -0.743 e. The van der Waals surface area contributed by atoms with Crippen molar-refractivity contribution >= 4 is 22.0 Å². The molecule has 8 nitrogen and oxygen atoms in total. The van der Waals surface area contributed by atoms with Crippen molar-refractivity contribution in [2.24, 2.45) is 0 Å². The Morgan fingerprint density at radius 3 is 2.00 bits per heavy atom. The van der Waals surface area contributed by atoms with Gasteiger partial charge >= 0.3 is 35.0 Å². The zero-order chi connectivity index (χ0) is 24.9. The average Bonchev–Trinajstić information content (AvgIpc) is 2.57. The van der Waals surface area contributed by atoms with E-state index < -0.39 is 76.6 Å². The highest BCUT2D eigenvalue weighted by Gasteiger charge is 2.66. The van der Waals surface area contributed by atoms with Gasteiger partial charge in [0.1, 0.15) is 0 Å². The van der Waals surface area contributed by atoms with Crippen molar-refractivity contribution in [3.8, 4) is 0 Å². The van der Waals surface area contributed by atoms with E-state index in [0.29, 0.717) is 6.20 Å². The van der Waals surface area contributed by atoms with E-state index in [0.717, 1.165) is 6.92 Å². The van der Waals surface area contributed by atoms with Crippen LogP contribution in [0.3, 0.4) is 0 Å².